The van der Waals surface area contributed by atoms with Gasteiger partial charge in [-0.15, -0.1) is 0 Å². The number of rotatable bonds is 4. The van der Waals surface area contributed by atoms with Gasteiger partial charge in [-0.3, -0.25) is 4.79 Å². The molecule has 2 unspecified atom stereocenters. The molecule has 1 fully saturated rings. The molecule has 0 aromatic carbocycles. The second kappa shape index (κ2) is 6.64. The van der Waals surface area contributed by atoms with Crippen LogP contribution in [0.15, 0.2) is 17.6 Å². The average molecular weight is 333 g/mol. The number of hydrogen-bond donors (Lipinski definition) is 0. The Morgan fingerprint density at radius 3 is 2.74 bits per heavy atom. The van der Waals surface area contributed by atoms with Crippen LogP contribution in [0.1, 0.15) is 24.2 Å². The van der Waals surface area contributed by atoms with Crippen LogP contribution >= 0.6 is 11.3 Å². The minimum Gasteiger partial charge on any atom is -0.473 e. The lowest BCUT2D eigenvalue weighted by molar-refractivity contribution is -0.00549. The molecule has 3 heterocycles. The molecular formula is C16H19N3O3S. The van der Waals surface area contributed by atoms with E-state index in [0.717, 1.165) is 30.6 Å². The Morgan fingerprint density at radius 1 is 1.39 bits per heavy atom. The van der Waals surface area contributed by atoms with Gasteiger partial charge in [0.05, 0.1) is 30.6 Å². The van der Waals surface area contributed by atoms with E-state index < -0.39 is 0 Å². The van der Waals surface area contributed by atoms with Gasteiger partial charge >= 0.3 is 0 Å². The van der Waals surface area contributed by atoms with Gasteiger partial charge in [0.25, 0.3) is 5.19 Å². The predicted molar refractivity (Wildman–Crippen MR) is 89.5 cm³/mol. The van der Waals surface area contributed by atoms with Crippen LogP contribution in [0.3, 0.4) is 0 Å². The highest BCUT2D eigenvalue weighted by Crippen LogP contribution is 2.29. The average Bonchev–Trinajstić information content (AvgIpc) is 3.02. The minimum atomic E-state index is 0.113. The summed E-state index contributed by atoms with van der Waals surface area (Å²) in [6.45, 7) is 5.50. The molecule has 0 amide bonds. The lowest BCUT2D eigenvalue weighted by Crippen LogP contribution is -2.46. The van der Waals surface area contributed by atoms with Gasteiger partial charge in [0, 0.05) is 30.2 Å². The van der Waals surface area contributed by atoms with Crippen LogP contribution in [0.5, 0.6) is 5.19 Å². The van der Waals surface area contributed by atoms with Crippen molar-refractivity contribution in [2.24, 2.45) is 0 Å². The molecule has 6 nitrogen and oxygen atoms in total. The molecule has 0 radical (unpaired) electrons. The molecule has 0 bridgehead atoms. The van der Waals surface area contributed by atoms with E-state index in [1.807, 2.05) is 25.3 Å². The van der Waals surface area contributed by atoms with E-state index in [9.17, 15) is 4.79 Å². The van der Waals surface area contributed by atoms with Gasteiger partial charge < -0.3 is 14.4 Å². The van der Waals surface area contributed by atoms with Gasteiger partial charge in [0.2, 0.25) is 0 Å². The van der Waals surface area contributed by atoms with Gasteiger partial charge in [0.15, 0.2) is 6.29 Å². The number of thiazole rings is 1. The van der Waals surface area contributed by atoms with E-state index >= 15 is 0 Å². The molecule has 0 spiro atoms. The molecule has 23 heavy (non-hydrogen) atoms. The highest BCUT2D eigenvalue weighted by Gasteiger charge is 2.25. The van der Waals surface area contributed by atoms with Crippen LogP contribution in [0.2, 0.25) is 0 Å². The highest BCUT2D eigenvalue weighted by atomic mass is 32.1. The number of ether oxygens (including phenoxy) is 2. The monoisotopic (exact) mass is 333 g/mol. The van der Waals surface area contributed by atoms with Gasteiger partial charge in [-0.1, -0.05) is 11.3 Å². The number of aromatic nitrogens is 2. The number of anilines is 1. The van der Waals surface area contributed by atoms with Gasteiger partial charge in [-0.25, -0.2) is 9.97 Å². The zero-order valence-electron chi connectivity index (χ0n) is 13.4. The fourth-order valence-corrected chi connectivity index (χ4v) is 3.45. The molecule has 7 heteroatoms. The summed E-state index contributed by atoms with van der Waals surface area (Å²) in [4.78, 5) is 22.5. The van der Waals surface area contributed by atoms with Crippen LogP contribution < -0.4 is 9.64 Å². The molecule has 2 aromatic rings. The van der Waals surface area contributed by atoms with Crippen LogP contribution in [0.25, 0.3) is 11.3 Å². The first-order valence-electron chi connectivity index (χ1n) is 7.46. The van der Waals surface area contributed by atoms with Crippen molar-refractivity contribution >= 4 is 23.4 Å². The standard InChI is InChI=1S/C16H19N3O3S/c1-10-6-19(7-11(2)22-10)15-13(8-20)4-12(5-17-15)14-9-23-16(18-14)21-3/h4-5,8-11H,6-7H2,1-3H3. The third-order valence-corrected chi connectivity index (χ3v) is 4.50. The number of nitrogens with zero attached hydrogens (tertiary/aromatic N) is 3. The zero-order chi connectivity index (χ0) is 16.4. The predicted octanol–water partition coefficient (Wildman–Crippen LogP) is 2.64. The maximum absolute atomic E-state index is 11.5. The summed E-state index contributed by atoms with van der Waals surface area (Å²) in [5, 5.41) is 2.48. The van der Waals surface area contributed by atoms with Crippen molar-refractivity contribution in [1.29, 1.82) is 0 Å². The van der Waals surface area contributed by atoms with Crippen molar-refractivity contribution in [3.8, 4) is 16.5 Å². The summed E-state index contributed by atoms with van der Waals surface area (Å²) in [5.41, 5.74) is 2.14. The van der Waals surface area contributed by atoms with Crippen molar-refractivity contribution in [3.05, 3.63) is 23.2 Å². The Bertz CT molecular complexity index is 694. The number of carbonyl (C=O) groups is 1. The number of morpholine rings is 1. The topological polar surface area (TPSA) is 64.6 Å². The molecule has 0 N–H and O–H groups in total. The molecule has 2 atom stereocenters. The molecule has 1 aliphatic heterocycles. The van der Waals surface area contributed by atoms with Crippen LogP contribution in [-0.4, -0.2) is 48.7 Å². The Hall–Kier alpha value is -1.99. The van der Waals surface area contributed by atoms with E-state index in [1.165, 1.54) is 11.3 Å². The smallest absolute Gasteiger partial charge is 0.273 e. The van der Waals surface area contributed by atoms with Crippen molar-refractivity contribution < 1.29 is 14.3 Å². The fourth-order valence-electron chi connectivity index (χ4n) is 2.80. The summed E-state index contributed by atoms with van der Waals surface area (Å²) in [7, 11) is 1.58. The number of pyridine rings is 1. The third-order valence-electron chi connectivity index (χ3n) is 3.69. The Kier molecular flexibility index (Phi) is 4.58. The molecule has 2 aromatic heterocycles. The van der Waals surface area contributed by atoms with Crippen molar-refractivity contribution in [2.75, 3.05) is 25.1 Å². The Balaban J connectivity index is 1.92. The number of carbonyl (C=O) groups excluding carboxylic acids is 1. The third kappa shape index (κ3) is 3.35. The van der Waals surface area contributed by atoms with Crippen LogP contribution in [-0.2, 0) is 4.74 Å². The van der Waals surface area contributed by atoms with E-state index in [4.69, 9.17) is 9.47 Å². The lowest BCUT2D eigenvalue weighted by atomic mass is 10.1. The number of hydrogen-bond acceptors (Lipinski definition) is 7. The molecule has 0 aliphatic carbocycles. The summed E-state index contributed by atoms with van der Waals surface area (Å²) in [6, 6.07) is 1.83. The molecule has 0 saturated carbocycles. The number of methoxy groups -OCH3 is 1. The van der Waals surface area contributed by atoms with E-state index in [0.29, 0.717) is 16.6 Å². The van der Waals surface area contributed by atoms with E-state index in [-0.39, 0.29) is 12.2 Å². The maximum atomic E-state index is 11.5. The largest absolute Gasteiger partial charge is 0.473 e. The molecule has 1 aliphatic rings. The van der Waals surface area contributed by atoms with E-state index in [2.05, 4.69) is 14.9 Å². The van der Waals surface area contributed by atoms with Gasteiger partial charge in [-0.2, -0.15) is 0 Å². The fraction of sp³-hybridized carbons (Fsp3) is 0.438. The second-order valence-corrected chi connectivity index (χ2v) is 6.44. The summed E-state index contributed by atoms with van der Waals surface area (Å²) in [5.74, 6) is 0.702. The first-order valence-corrected chi connectivity index (χ1v) is 8.34. The first-order chi connectivity index (χ1) is 11.1. The summed E-state index contributed by atoms with van der Waals surface area (Å²) < 4.78 is 10.8. The van der Waals surface area contributed by atoms with Crippen LogP contribution in [0, 0.1) is 0 Å². The van der Waals surface area contributed by atoms with Crippen LogP contribution in [0.4, 0.5) is 5.82 Å². The SMILES string of the molecule is COc1nc(-c2cnc(N3CC(C)OC(C)C3)c(C=O)c2)cs1. The maximum Gasteiger partial charge on any atom is 0.273 e. The molecule has 3 rings (SSSR count). The van der Waals surface area contributed by atoms with E-state index in [1.54, 1.807) is 13.3 Å². The summed E-state index contributed by atoms with van der Waals surface area (Å²) >= 11 is 1.41. The lowest BCUT2D eigenvalue weighted by Gasteiger charge is -2.36. The van der Waals surface area contributed by atoms with Crippen molar-refractivity contribution in [2.45, 2.75) is 26.1 Å². The quantitative estimate of drug-likeness (QED) is 0.802. The van der Waals surface area contributed by atoms with Gasteiger partial charge in [0.1, 0.15) is 5.82 Å². The molecular weight excluding hydrogens is 314 g/mol. The minimum absolute atomic E-state index is 0.113. The second-order valence-electron chi connectivity index (χ2n) is 5.62. The summed E-state index contributed by atoms with van der Waals surface area (Å²) in [6.07, 6.45) is 2.83. The Morgan fingerprint density at radius 2 is 2.13 bits per heavy atom. The first kappa shape index (κ1) is 15.9. The normalized spacial score (nSPS) is 21.3. The highest BCUT2D eigenvalue weighted by molar-refractivity contribution is 7.11. The number of aldehydes is 1. The van der Waals surface area contributed by atoms with Gasteiger partial charge in [-0.05, 0) is 19.9 Å². The zero-order valence-corrected chi connectivity index (χ0v) is 14.2. The Labute approximate surface area is 139 Å². The van der Waals surface area contributed by atoms with Crippen molar-refractivity contribution in [3.63, 3.8) is 0 Å². The molecule has 122 valence electrons. The molecule has 1 saturated heterocycles. The van der Waals surface area contributed by atoms with Crippen molar-refractivity contribution in [1.82, 2.24) is 9.97 Å².